The Balaban J connectivity index is 1.83. The Morgan fingerprint density at radius 2 is 1.62 bits per heavy atom. The fraction of sp³-hybridized carbons (Fsp3) is 0.407. The minimum atomic E-state index is -0.994. The van der Waals surface area contributed by atoms with E-state index in [9.17, 15) is 29.7 Å². The zero-order valence-corrected chi connectivity index (χ0v) is 22.1. The van der Waals surface area contributed by atoms with Gasteiger partial charge in [-0.3, -0.25) is 29.2 Å². The van der Waals surface area contributed by atoms with E-state index in [0.717, 1.165) is 16.5 Å². The van der Waals surface area contributed by atoms with Crippen LogP contribution in [0.4, 0.5) is 5.69 Å². The van der Waals surface area contributed by atoms with Crippen molar-refractivity contribution in [3.63, 3.8) is 0 Å². The number of nitrogens with zero attached hydrogens (tertiary/aromatic N) is 5. The number of carboxylic acid groups (broad SMARTS) is 3. The molecule has 0 saturated heterocycles. The molecule has 3 N–H and O–H groups in total. The normalized spacial score (nSPS) is 17.2. The van der Waals surface area contributed by atoms with E-state index < -0.39 is 17.9 Å². The van der Waals surface area contributed by atoms with Gasteiger partial charge in [-0.05, 0) is 68.2 Å². The number of aliphatic carboxylic acids is 3. The van der Waals surface area contributed by atoms with Crippen molar-refractivity contribution in [3.05, 3.63) is 41.7 Å². The monoisotopic (exact) mass is 551 g/mol. The average Bonchev–Trinajstić information content (AvgIpc) is 2.88. The number of carboxylic acids is 3. The molecule has 0 fully saturated rings. The average molecular weight is 552 g/mol. The zero-order valence-electron chi connectivity index (χ0n) is 21.2. The third-order valence-electron chi connectivity index (χ3n) is 6.85. The molecule has 0 spiro atoms. The summed E-state index contributed by atoms with van der Waals surface area (Å²) in [6.45, 7) is 0.917. The Hall–Kier alpha value is -3.83. The van der Waals surface area contributed by atoms with Gasteiger partial charge in [-0.25, -0.2) is 4.98 Å². The summed E-state index contributed by atoms with van der Waals surface area (Å²) in [5.41, 5.74) is 3.30. The van der Waals surface area contributed by atoms with Gasteiger partial charge in [0.2, 0.25) is 0 Å². The molecule has 1 atom stereocenters. The highest BCUT2D eigenvalue weighted by Gasteiger charge is 2.20. The van der Waals surface area contributed by atoms with Crippen molar-refractivity contribution in [2.45, 2.75) is 32.2 Å². The van der Waals surface area contributed by atoms with E-state index in [2.05, 4.69) is 10.2 Å². The van der Waals surface area contributed by atoms with Crippen molar-refractivity contribution in [1.29, 1.82) is 0 Å². The molecular weight excluding hydrogens is 522 g/mol. The molecule has 1 aliphatic heterocycles. The van der Waals surface area contributed by atoms with Gasteiger partial charge in [0.25, 0.3) is 0 Å². The number of thiocarbonyl (C=S) groups is 1. The molecular formula is C27H29N5O6S. The second kappa shape index (κ2) is 12.8. The fourth-order valence-corrected chi connectivity index (χ4v) is 5.09. The highest BCUT2D eigenvalue weighted by molar-refractivity contribution is 7.78. The highest BCUT2D eigenvalue weighted by atomic mass is 32.1. The van der Waals surface area contributed by atoms with Crippen LogP contribution in [0.2, 0.25) is 0 Å². The van der Waals surface area contributed by atoms with Crippen LogP contribution >= 0.6 is 12.2 Å². The van der Waals surface area contributed by atoms with Crippen LogP contribution < -0.4 is 0 Å². The number of fused-ring (bicyclic) bond motifs is 2. The number of rotatable bonds is 8. The van der Waals surface area contributed by atoms with Gasteiger partial charge in [-0.2, -0.15) is 4.99 Å². The molecule has 204 valence electrons. The van der Waals surface area contributed by atoms with Crippen LogP contribution in [0.1, 0.15) is 30.7 Å². The van der Waals surface area contributed by atoms with Crippen molar-refractivity contribution in [2.75, 3.05) is 32.7 Å². The summed E-state index contributed by atoms with van der Waals surface area (Å²) in [5, 5.41) is 32.2. The van der Waals surface area contributed by atoms with Gasteiger partial charge in [0.05, 0.1) is 40.7 Å². The smallest absolute Gasteiger partial charge is 0.317 e. The van der Waals surface area contributed by atoms with Crippen LogP contribution in [0, 0.1) is 5.92 Å². The number of hydrogen-bond acceptors (Lipinski definition) is 9. The Kier molecular flexibility index (Phi) is 9.26. The van der Waals surface area contributed by atoms with E-state index >= 15 is 0 Å². The predicted octanol–water partition coefficient (Wildman–Crippen LogP) is 3.22. The van der Waals surface area contributed by atoms with Crippen LogP contribution in [0.5, 0.6) is 0 Å². The number of aliphatic imine (C=N–C) groups is 1. The molecule has 0 amide bonds. The summed E-state index contributed by atoms with van der Waals surface area (Å²) in [4.78, 5) is 52.0. The lowest BCUT2D eigenvalue weighted by atomic mass is 9.93. The van der Waals surface area contributed by atoms with Gasteiger partial charge in [0.1, 0.15) is 0 Å². The van der Waals surface area contributed by atoms with E-state index in [1.807, 2.05) is 30.3 Å². The number of aromatic nitrogens is 2. The van der Waals surface area contributed by atoms with Gasteiger partial charge in [0.15, 0.2) is 0 Å². The summed E-state index contributed by atoms with van der Waals surface area (Å²) >= 11 is 4.84. The van der Waals surface area contributed by atoms with Crippen molar-refractivity contribution >= 4 is 62.8 Å². The summed E-state index contributed by atoms with van der Waals surface area (Å²) in [5.74, 6) is -2.93. The van der Waals surface area contributed by atoms with Gasteiger partial charge >= 0.3 is 17.9 Å². The van der Waals surface area contributed by atoms with Crippen molar-refractivity contribution in [2.24, 2.45) is 10.9 Å². The van der Waals surface area contributed by atoms with E-state index in [4.69, 9.17) is 22.2 Å². The molecule has 1 aromatic carbocycles. The van der Waals surface area contributed by atoms with Crippen LogP contribution in [-0.2, 0) is 27.3 Å². The summed E-state index contributed by atoms with van der Waals surface area (Å²) in [6.07, 6.45) is 1.48. The number of pyridine rings is 2. The molecule has 0 radical (unpaired) electrons. The first-order valence-electron chi connectivity index (χ1n) is 12.6. The van der Waals surface area contributed by atoms with E-state index in [1.165, 1.54) is 0 Å². The zero-order chi connectivity index (χ0) is 27.9. The fourth-order valence-electron chi connectivity index (χ4n) is 4.99. The van der Waals surface area contributed by atoms with Gasteiger partial charge in [-0.15, -0.1) is 0 Å². The first-order chi connectivity index (χ1) is 18.7. The Morgan fingerprint density at radius 1 is 0.923 bits per heavy atom. The summed E-state index contributed by atoms with van der Waals surface area (Å²) in [6, 6.07) is 9.36. The third kappa shape index (κ3) is 7.61. The SMILES string of the molecule is O=C(O)CCC1CCN(CC(=O)O)CCN(CC(=O)O)Cc2ccc3cc(N=C=S)c4ccc(nc4c3n2)C1. The maximum Gasteiger partial charge on any atom is 0.317 e. The first-order valence-corrected chi connectivity index (χ1v) is 13.0. The minimum Gasteiger partial charge on any atom is -0.481 e. The van der Waals surface area contributed by atoms with Crippen LogP contribution in [-0.4, -0.2) is 90.9 Å². The highest BCUT2D eigenvalue weighted by Crippen LogP contribution is 2.33. The second-order valence-electron chi connectivity index (χ2n) is 9.74. The molecule has 12 heteroatoms. The number of carbonyl (C=O) groups is 3. The van der Waals surface area contributed by atoms with Gasteiger partial charge < -0.3 is 15.3 Å². The van der Waals surface area contributed by atoms with E-state index in [0.29, 0.717) is 61.3 Å². The lowest BCUT2D eigenvalue weighted by Gasteiger charge is -2.27. The summed E-state index contributed by atoms with van der Waals surface area (Å²) in [7, 11) is 0. The van der Waals surface area contributed by atoms with E-state index in [1.54, 1.807) is 9.80 Å². The lowest BCUT2D eigenvalue weighted by Crippen LogP contribution is -2.40. The quantitative estimate of drug-likeness (QED) is 0.215. The number of benzene rings is 1. The largest absolute Gasteiger partial charge is 0.481 e. The molecule has 11 nitrogen and oxygen atoms in total. The Morgan fingerprint density at radius 3 is 2.33 bits per heavy atom. The molecule has 39 heavy (non-hydrogen) atoms. The second-order valence-corrected chi connectivity index (χ2v) is 9.92. The lowest BCUT2D eigenvalue weighted by molar-refractivity contribution is -0.140. The Labute approximate surface area is 229 Å². The molecule has 4 rings (SSSR count). The van der Waals surface area contributed by atoms with Crippen molar-refractivity contribution < 1.29 is 29.7 Å². The Bertz CT molecular complexity index is 1460. The predicted molar refractivity (Wildman–Crippen MR) is 147 cm³/mol. The molecule has 0 saturated carbocycles. The maximum absolute atomic E-state index is 11.6. The molecule has 1 unspecified atom stereocenters. The van der Waals surface area contributed by atoms with E-state index in [-0.39, 0.29) is 32.0 Å². The standard InChI is InChI=1S/C27H29N5O6S/c33-23(34)6-1-17-7-8-31(14-24(35)36)9-10-32(15-25(37)38)13-20-3-2-18-12-22(28-16-39)21-5-4-19(11-17)29-27(21)26(18)30-20/h2-5,12,17H,1,6-11,13-15H2,(H,33,34)(H,35,36)(H,37,38). The van der Waals surface area contributed by atoms with Gasteiger partial charge in [0, 0.05) is 42.5 Å². The van der Waals surface area contributed by atoms with Crippen molar-refractivity contribution in [1.82, 2.24) is 19.8 Å². The third-order valence-corrected chi connectivity index (χ3v) is 6.94. The molecule has 3 heterocycles. The van der Waals surface area contributed by atoms with Crippen LogP contribution in [0.15, 0.2) is 35.3 Å². The maximum atomic E-state index is 11.6. The number of hydrogen-bond donors (Lipinski definition) is 3. The minimum absolute atomic E-state index is 0.00898. The topological polar surface area (TPSA) is 157 Å². The van der Waals surface area contributed by atoms with Crippen LogP contribution in [0.3, 0.4) is 0 Å². The summed E-state index contributed by atoms with van der Waals surface area (Å²) < 4.78 is 0. The molecule has 2 aromatic heterocycles. The molecule has 1 aliphatic rings. The molecule has 3 aromatic rings. The number of isothiocyanates is 1. The van der Waals surface area contributed by atoms with Crippen molar-refractivity contribution in [3.8, 4) is 0 Å². The molecule has 0 aliphatic carbocycles. The van der Waals surface area contributed by atoms with Crippen LogP contribution in [0.25, 0.3) is 21.8 Å². The van der Waals surface area contributed by atoms with Gasteiger partial charge in [-0.1, -0.05) is 6.07 Å². The molecule has 4 bridgehead atoms. The first kappa shape index (κ1) is 28.2.